The molecule has 1 fully saturated rings. The number of hydrogen-bond acceptors (Lipinski definition) is 7. The standard InChI is InChI=1S/C35H28N2O5S/c1-20-8-14-27-29(16-20)43-35(36-27)37-31(23-9-12-26(13-10-23)41-19-22-6-4-3-5-7-22)30(33(39)34(37)40)32(38)24-11-15-28-25(18-24)17-21(2)42-28/h3-16,18,21,31,38H,17,19H2,1-2H3/t21-,31-/m1/s1. The van der Waals surface area contributed by atoms with E-state index in [1.165, 1.54) is 16.2 Å². The fourth-order valence-corrected chi connectivity index (χ4v) is 6.77. The number of anilines is 1. The van der Waals surface area contributed by atoms with Gasteiger partial charge in [-0.2, -0.15) is 0 Å². The van der Waals surface area contributed by atoms with E-state index in [1.54, 1.807) is 12.1 Å². The molecular formula is C35H28N2O5S. The Hall–Kier alpha value is -4.95. The first-order valence-corrected chi connectivity index (χ1v) is 14.9. The molecule has 0 saturated carbocycles. The molecule has 214 valence electrons. The normalized spacial score (nSPS) is 19.1. The van der Waals surface area contributed by atoms with E-state index < -0.39 is 17.7 Å². The smallest absolute Gasteiger partial charge is 0.301 e. The third-order valence-corrected chi connectivity index (χ3v) is 8.81. The van der Waals surface area contributed by atoms with Crippen LogP contribution >= 0.6 is 11.3 Å². The molecule has 7 nitrogen and oxygen atoms in total. The summed E-state index contributed by atoms with van der Waals surface area (Å²) in [6, 6.07) is 27.5. The number of nitrogens with zero attached hydrogens (tertiary/aromatic N) is 2. The summed E-state index contributed by atoms with van der Waals surface area (Å²) in [5.74, 6) is -0.309. The fraction of sp³-hybridized carbons (Fsp3) is 0.171. The van der Waals surface area contributed by atoms with Crippen molar-refractivity contribution in [3.63, 3.8) is 0 Å². The molecule has 0 aliphatic carbocycles. The highest BCUT2D eigenvalue weighted by Crippen LogP contribution is 2.45. The number of thiazole rings is 1. The fourth-order valence-electron chi connectivity index (χ4n) is 5.68. The predicted molar refractivity (Wildman–Crippen MR) is 167 cm³/mol. The van der Waals surface area contributed by atoms with Gasteiger partial charge in [0.05, 0.1) is 21.8 Å². The number of hydrogen-bond donors (Lipinski definition) is 1. The highest BCUT2D eigenvalue weighted by atomic mass is 32.1. The van der Waals surface area contributed by atoms with Crippen LogP contribution in [-0.2, 0) is 22.6 Å². The molecule has 1 saturated heterocycles. The Morgan fingerprint density at radius 3 is 2.60 bits per heavy atom. The van der Waals surface area contributed by atoms with Crippen molar-refractivity contribution >= 4 is 44.1 Å². The highest BCUT2D eigenvalue weighted by molar-refractivity contribution is 7.22. The number of aromatic nitrogens is 1. The summed E-state index contributed by atoms with van der Waals surface area (Å²) in [5.41, 5.74) is 4.93. The summed E-state index contributed by atoms with van der Waals surface area (Å²) in [7, 11) is 0. The Morgan fingerprint density at radius 2 is 1.81 bits per heavy atom. The molecule has 1 N–H and O–H groups in total. The molecule has 0 unspecified atom stereocenters. The number of rotatable bonds is 6. The lowest BCUT2D eigenvalue weighted by Gasteiger charge is -2.23. The van der Waals surface area contributed by atoms with Gasteiger partial charge in [-0.1, -0.05) is 59.9 Å². The third-order valence-electron chi connectivity index (χ3n) is 7.80. The summed E-state index contributed by atoms with van der Waals surface area (Å²) in [5, 5.41) is 12.0. The van der Waals surface area contributed by atoms with E-state index in [0.29, 0.717) is 35.0 Å². The molecule has 7 rings (SSSR count). The minimum absolute atomic E-state index is 0.0188. The zero-order valence-electron chi connectivity index (χ0n) is 23.6. The highest BCUT2D eigenvalue weighted by Gasteiger charge is 2.48. The number of amides is 1. The summed E-state index contributed by atoms with van der Waals surface area (Å²) in [4.78, 5) is 33.5. The van der Waals surface area contributed by atoms with Crippen molar-refractivity contribution in [2.75, 3.05) is 4.90 Å². The molecule has 2 aliphatic heterocycles. The lowest BCUT2D eigenvalue weighted by atomic mass is 9.94. The molecule has 1 amide bonds. The zero-order valence-corrected chi connectivity index (χ0v) is 24.4. The maximum Gasteiger partial charge on any atom is 0.301 e. The molecule has 2 aliphatic rings. The van der Waals surface area contributed by atoms with E-state index in [9.17, 15) is 14.7 Å². The zero-order chi connectivity index (χ0) is 29.7. The van der Waals surface area contributed by atoms with Crippen LogP contribution in [0, 0.1) is 6.92 Å². The Bertz CT molecular complexity index is 1910. The Kier molecular flexibility index (Phi) is 6.70. The van der Waals surface area contributed by atoms with Crippen LogP contribution in [-0.4, -0.2) is 27.9 Å². The van der Waals surface area contributed by atoms with E-state index in [4.69, 9.17) is 14.5 Å². The maximum absolute atomic E-state index is 13.7. The Labute approximate surface area is 252 Å². The van der Waals surface area contributed by atoms with E-state index in [2.05, 4.69) is 0 Å². The van der Waals surface area contributed by atoms with Crippen molar-refractivity contribution in [1.29, 1.82) is 0 Å². The Balaban J connectivity index is 1.31. The van der Waals surface area contributed by atoms with Gasteiger partial charge < -0.3 is 14.6 Å². The van der Waals surface area contributed by atoms with Crippen molar-refractivity contribution in [1.82, 2.24) is 4.98 Å². The van der Waals surface area contributed by atoms with Crippen molar-refractivity contribution in [2.24, 2.45) is 0 Å². The number of carbonyl (C=O) groups is 2. The third kappa shape index (κ3) is 4.93. The molecule has 0 bridgehead atoms. The molecule has 0 spiro atoms. The van der Waals surface area contributed by atoms with Crippen molar-refractivity contribution in [3.05, 3.63) is 124 Å². The average molecular weight is 589 g/mol. The number of ketones is 1. The van der Waals surface area contributed by atoms with E-state index in [0.717, 1.165) is 32.7 Å². The molecule has 5 aromatic rings. The van der Waals surface area contributed by atoms with Crippen LogP contribution in [0.4, 0.5) is 5.13 Å². The second-order valence-corrected chi connectivity index (χ2v) is 11.9. The number of fused-ring (bicyclic) bond motifs is 2. The first-order valence-electron chi connectivity index (χ1n) is 14.1. The number of carbonyl (C=O) groups excluding carboxylic acids is 2. The summed E-state index contributed by atoms with van der Waals surface area (Å²) in [6.07, 6.45) is 0.729. The van der Waals surface area contributed by atoms with Crippen molar-refractivity contribution < 1.29 is 24.2 Å². The quantitative estimate of drug-likeness (QED) is 0.129. The lowest BCUT2D eigenvalue weighted by molar-refractivity contribution is -0.132. The molecule has 1 aromatic heterocycles. The van der Waals surface area contributed by atoms with Crippen LogP contribution in [0.15, 0.2) is 96.6 Å². The van der Waals surface area contributed by atoms with Gasteiger partial charge in [0.15, 0.2) is 5.13 Å². The SMILES string of the molecule is Cc1ccc2nc(N3C(=O)C(=O)C(=C(O)c4ccc5c(c4)C[C@@H](C)O5)[C@H]3c3ccc(OCc4ccccc4)cc3)sc2c1. The number of ether oxygens (including phenoxy) is 2. The number of Topliss-reactive ketones (excluding diaryl/α,β-unsaturated/α-hetero) is 1. The van der Waals surface area contributed by atoms with Crippen LogP contribution in [0.1, 0.15) is 40.8 Å². The summed E-state index contributed by atoms with van der Waals surface area (Å²) < 4.78 is 12.7. The number of benzene rings is 4. The number of aryl methyl sites for hydroxylation is 1. The predicted octanol–water partition coefficient (Wildman–Crippen LogP) is 7.13. The van der Waals surface area contributed by atoms with Crippen LogP contribution < -0.4 is 14.4 Å². The molecule has 4 aromatic carbocycles. The van der Waals surface area contributed by atoms with Gasteiger partial charge in [-0.05, 0) is 78.6 Å². The molecule has 2 atom stereocenters. The summed E-state index contributed by atoms with van der Waals surface area (Å²) in [6.45, 7) is 4.39. The van der Waals surface area contributed by atoms with Crippen molar-refractivity contribution in [2.45, 2.75) is 39.0 Å². The van der Waals surface area contributed by atoms with Gasteiger partial charge in [-0.3, -0.25) is 14.5 Å². The van der Waals surface area contributed by atoms with Crippen LogP contribution in [0.2, 0.25) is 0 Å². The van der Waals surface area contributed by atoms with Crippen molar-refractivity contribution in [3.8, 4) is 11.5 Å². The first kappa shape index (κ1) is 26.9. The largest absolute Gasteiger partial charge is 0.507 e. The Morgan fingerprint density at radius 1 is 1.02 bits per heavy atom. The molecule has 8 heteroatoms. The van der Waals surface area contributed by atoms with Gasteiger partial charge in [0.25, 0.3) is 5.78 Å². The minimum atomic E-state index is -0.881. The molecule has 0 radical (unpaired) electrons. The van der Waals surface area contributed by atoms with E-state index in [1.807, 2.05) is 92.7 Å². The maximum atomic E-state index is 13.7. The topological polar surface area (TPSA) is 89.0 Å². The van der Waals surface area contributed by atoms with Gasteiger partial charge in [-0.25, -0.2) is 4.98 Å². The molecule has 43 heavy (non-hydrogen) atoms. The van der Waals surface area contributed by atoms with Gasteiger partial charge in [0, 0.05) is 12.0 Å². The van der Waals surface area contributed by atoms with Gasteiger partial charge in [0.1, 0.15) is 30.0 Å². The number of aliphatic hydroxyl groups is 1. The monoisotopic (exact) mass is 588 g/mol. The molecule has 3 heterocycles. The lowest BCUT2D eigenvalue weighted by Crippen LogP contribution is -2.29. The second kappa shape index (κ2) is 10.7. The minimum Gasteiger partial charge on any atom is -0.507 e. The van der Waals surface area contributed by atoms with Gasteiger partial charge in [0.2, 0.25) is 0 Å². The van der Waals surface area contributed by atoms with E-state index in [-0.39, 0.29) is 17.4 Å². The van der Waals surface area contributed by atoms with Gasteiger partial charge in [-0.15, -0.1) is 0 Å². The van der Waals surface area contributed by atoms with Gasteiger partial charge >= 0.3 is 5.91 Å². The van der Waals surface area contributed by atoms with Crippen LogP contribution in [0.3, 0.4) is 0 Å². The average Bonchev–Trinajstić information content (AvgIpc) is 3.68. The van der Waals surface area contributed by atoms with Crippen LogP contribution in [0.5, 0.6) is 11.5 Å². The van der Waals surface area contributed by atoms with E-state index >= 15 is 0 Å². The first-order chi connectivity index (χ1) is 20.9. The number of aliphatic hydroxyl groups excluding tert-OH is 1. The summed E-state index contributed by atoms with van der Waals surface area (Å²) >= 11 is 1.34. The second-order valence-electron chi connectivity index (χ2n) is 10.9. The molecular weight excluding hydrogens is 560 g/mol. The van der Waals surface area contributed by atoms with Crippen LogP contribution in [0.25, 0.3) is 16.0 Å².